The van der Waals surface area contributed by atoms with E-state index in [-0.39, 0.29) is 0 Å². The number of aromatic nitrogens is 1. The third-order valence-corrected chi connectivity index (χ3v) is 1.83. The molecule has 1 aromatic rings. The standard InChI is InChI=1S/C7H9N2OS/c1-2-3-9(6-10)7-4-11-5-8-7/h4-5H,2-3H2,1H3. The van der Waals surface area contributed by atoms with Gasteiger partial charge in [0.1, 0.15) is 5.82 Å². The van der Waals surface area contributed by atoms with Crippen LogP contribution < -0.4 is 4.90 Å². The van der Waals surface area contributed by atoms with E-state index in [2.05, 4.69) is 4.98 Å². The summed E-state index contributed by atoms with van der Waals surface area (Å²) in [6.07, 6.45) is 2.76. The molecule has 59 valence electrons. The molecule has 0 spiro atoms. The van der Waals surface area contributed by atoms with Crippen LogP contribution in [0.25, 0.3) is 0 Å². The maximum atomic E-state index is 10.4. The number of nitrogens with zero attached hydrogens (tertiary/aromatic N) is 2. The van der Waals surface area contributed by atoms with Gasteiger partial charge in [-0.2, -0.15) is 0 Å². The van der Waals surface area contributed by atoms with Crippen molar-refractivity contribution in [1.29, 1.82) is 0 Å². The molecule has 1 aromatic heterocycles. The first kappa shape index (κ1) is 8.20. The second-order valence-electron chi connectivity index (χ2n) is 2.09. The van der Waals surface area contributed by atoms with Gasteiger partial charge in [0.25, 0.3) is 0 Å². The summed E-state index contributed by atoms with van der Waals surface area (Å²) in [6.45, 7) is 2.70. The zero-order valence-electron chi connectivity index (χ0n) is 6.28. The summed E-state index contributed by atoms with van der Waals surface area (Å²) in [4.78, 5) is 15.8. The van der Waals surface area contributed by atoms with E-state index < -0.39 is 0 Å². The summed E-state index contributed by atoms with van der Waals surface area (Å²) in [5, 5.41) is 1.83. The molecule has 0 bridgehead atoms. The van der Waals surface area contributed by atoms with Crippen molar-refractivity contribution in [2.45, 2.75) is 13.3 Å². The summed E-state index contributed by atoms with van der Waals surface area (Å²) in [6, 6.07) is 0. The first-order valence-electron chi connectivity index (χ1n) is 3.42. The van der Waals surface area contributed by atoms with Crippen LogP contribution in [0.1, 0.15) is 13.3 Å². The molecule has 0 atom stereocenters. The predicted octanol–water partition coefficient (Wildman–Crippen LogP) is 1.43. The minimum atomic E-state index is 0.688. The lowest BCUT2D eigenvalue weighted by Crippen LogP contribution is -2.21. The Morgan fingerprint density at radius 3 is 3.09 bits per heavy atom. The highest BCUT2D eigenvalue weighted by atomic mass is 32.1. The number of hydrogen-bond donors (Lipinski definition) is 0. The summed E-state index contributed by atoms with van der Waals surface area (Å²) >= 11 is 1.48. The zero-order chi connectivity index (χ0) is 8.10. The van der Waals surface area contributed by atoms with Crippen LogP contribution in [-0.4, -0.2) is 17.9 Å². The lowest BCUT2D eigenvalue weighted by atomic mass is 10.4. The topological polar surface area (TPSA) is 33.2 Å². The Balaban J connectivity index is 2.63. The molecular formula is C7H9N2OS. The maximum absolute atomic E-state index is 10.4. The van der Waals surface area contributed by atoms with Gasteiger partial charge in [0.05, 0.1) is 5.51 Å². The molecule has 1 radical (unpaired) electrons. The van der Waals surface area contributed by atoms with Gasteiger partial charge in [0, 0.05) is 11.9 Å². The minimum Gasteiger partial charge on any atom is -0.288 e. The molecule has 0 saturated heterocycles. The molecule has 11 heavy (non-hydrogen) atoms. The van der Waals surface area contributed by atoms with Gasteiger partial charge < -0.3 is 0 Å². The average molecular weight is 169 g/mol. The fourth-order valence-corrected chi connectivity index (χ4v) is 1.31. The van der Waals surface area contributed by atoms with Gasteiger partial charge in [-0.15, -0.1) is 11.3 Å². The monoisotopic (exact) mass is 169 g/mol. The SMILES string of the molecule is CCCN([C]=O)c1cscn1. The molecule has 1 amide bonds. The number of thiazole rings is 1. The van der Waals surface area contributed by atoms with Crippen LogP contribution in [0, 0.1) is 0 Å². The van der Waals surface area contributed by atoms with Crippen molar-refractivity contribution in [3.05, 3.63) is 10.9 Å². The molecule has 0 aliphatic rings. The van der Waals surface area contributed by atoms with E-state index >= 15 is 0 Å². The highest BCUT2D eigenvalue weighted by Gasteiger charge is 2.05. The van der Waals surface area contributed by atoms with Gasteiger partial charge in [0.2, 0.25) is 0 Å². The highest BCUT2D eigenvalue weighted by molar-refractivity contribution is 7.07. The lowest BCUT2D eigenvalue weighted by molar-refractivity contribution is 0.550. The van der Waals surface area contributed by atoms with E-state index in [1.165, 1.54) is 16.2 Å². The Labute approximate surface area is 69.7 Å². The second-order valence-corrected chi connectivity index (χ2v) is 2.81. The Morgan fingerprint density at radius 2 is 2.64 bits per heavy atom. The summed E-state index contributed by atoms with van der Waals surface area (Å²) in [7, 11) is 0. The van der Waals surface area contributed by atoms with Gasteiger partial charge >= 0.3 is 6.41 Å². The van der Waals surface area contributed by atoms with Crippen LogP contribution in [0.2, 0.25) is 0 Å². The van der Waals surface area contributed by atoms with E-state index in [0.29, 0.717) is 12.4 Å². The van der Waals surface area contributed by atoms with Gasteiger partial charge in [-0.05, 0) is 6.42 Å². The maximum Gasteiger partial charge on any atom is 0.318 e. The van der Waals surface area contributed by atoms with Crippen molar-refractivity contribution >= 4 is 23.6 Å². The van der Waals surface area contributed by atoms with E-state index in [1.807, 2.05) is 18.7 Å². The fraction of sp³-hybridized carbons (Fsp3) is 0.429. The van der Waals surface area contributed by atoms with E-state index in [0.717, 1.165) is 6.42 Å². The van der Waals surface area contributed by atoms with Crippen LogP contribution >= 0.6 is 11.3 Å². The Hall–Kier alpha value is -0.900. The van der Waals surface area contributed by atoms with Gasteiger partial charge in [-0.25, -0.2) is 4.98 Å². The Morgan fingerprint density at radius 1 is 1.82 bits per heavy atom. The third-order valence-electron chi connectivity index (χ3n) is 1.25. The van der Waals surface area contributed by atoms with Gasteiger partial charge in [-0.3, -0.25) is 9.69 Å². The molecular weight excluding hydrogens is 160 g/mol. The number of anilines is 1. The molecule has 1 rings (SSSR count). The van der Waals surface area contributed by atoms with Crippen LogP contribution in [0.5, 0.6) is 0 Å². The first-order valence-corrected chi connectivity index (χ1v) is 4.36. The van der Waals surface area contributed by atoms with Crippen molar-refractivity contribution in [2.24, 2.45) is 0 Å². The number of rotatable bonds is 4. The highest BCUT2D eigenvalue weighted by Crippen LogP contribution is 2.11. The van der Waals surface area contributed by atoms with Crippen molar-refractivity contribution < 1.29 is 4.79 Å². The smallest absolute Gasteiger partial charge is 0.288 e. The van der Waals surface area contributed by atoms with Crippen molar-refractivity contribution in [2.75, 3.05) is 11.4 Å². The van der Waals surface area contributed by atoms with Crippen LogP contribution in [0.3, 0.4) is 0 Å². The summed E-state index contributed by atoms with van der Waals surface area (Å²) < 4.78 is 0. The quantitative estimate of drug-likeness (QED) is 0.639. The number of hydrogen-bond acceptors (Lipinski definition) is 3. The lowest BCUT2D eigenvalue weighted by Gasteiger charge is -2.10. The molecule has 1 heterocycles. The van der Waals surface area contributed by atoms with E-state index in [1.54, 1.807) is 5.51 Å². The molecule has 4 heteroatoms. The second kappa shape index (κ2) is 4.08. The third kappa shape index (κ3) is 2.01. The number of carbonyl (C=O) groups excluding carboxylic acids is 1. The molecule has 0 N–H and O–H groups in total. The summed E-state index contributed by atoms with van der Waals surface area (Å²) in [5.41, 5.74) is 1.70. The minimum absolute atomic E-state index is 0.688. The molecule has 0 aliphatic heterocycles. The van der Waals surface area contributed by atoms with E-state index in [9.17, 15) is 4.79 Å². The Kier molecular flexibility index (Phi) is 3.04. The average Bonchev–Trinajstić information content (AvgIpc) is 2.52. The molecule has 0 saturated carbocycles. The molecule has 0 unspecified atom stereocenters. The first-order chi connectivity index (χ1) is 5.38. The normalized spacial score (nSPS) is 9.55. The van der Waals surface area contributed by atoms with Crippen LogP contribution in [0.15, 0.2) is 10.9 Å². The van der Waals surface area contributed by atoms with E-state index in [4.69, 9.17) is 0 Å². The zero-order valence-corrected chi connectivity index (χ0v) is 7.10. The van der Waals surface area contributed by atoms with Crippen molar-refractivity contribution in [1.82, 2.24) is 4.98 Å². The van der Waals surface area contributed by atoms with Crippen LogP contribution in [0.4, 0.5) is 5.82 Å². The fourth-order valence-electron chi connectivity index (χ4n) is 0.770. The van der Waals surface area contributed by atoms with Gasteiger partial charge in [0.15, 0.2) is 0 Å². The molecule has 3 nitrogen and oxygen atoms in total. The van der Waals surface area contributed by atoms with Crippen molar-refractivity contribution in [3.63, 3.8) is 0 Å². The molecule has 0 fully saturated rings. The Bertz CT molecular complexity index is 210. The van der Waals surface area contributed by atoms with Crippen LogP contribution in [-0.2, 0) is 4.79 Å². The number of amides is 1. The largest absolute Gasteiger partial charge is 0.318 e. The molecule has 0 aliphatic carbocycles. The van der Waals surface area contributed by atoms with Gasteiger partial charge in [-0.1, -0.05) is 6.92 Å². The predicted molar refractivity (Wildman–Crippen MR) is 45.4 cm³/mol. The summed E-state index contributed by atoms with van der Waals surface area (Å²) in [5.74, 6) is 0.701. The molecule has 0 aromatic carbocycles. The van der Waals surface area contributed by atoms with Crippen molar-refractivity contribution in [3.8, 4) is 0 Å².